The van der Waals surface area contributed by atoms with Gasteiger partial charge in [0.2, 0.25) is 0 Å². The van der Waals surface area contributed by atoms with Gasteiger partial charge in [0.1, 0.15) is 6.10 Å². The number of carbonyl (C=O) groups is 1. The second-order valence-electron chi connectivity index (χ2n) is 5.02. The van der Waals surface area contributed by atoms with Crippen molar-refractivity contribution in [2.75, 3.05) is 19.7 Å². The van der Waals surface area contributed by atoms with Crippen LogP contribution in [0, 0.1) is 5.92 Å². The average molecular weight is 226 g/mol. The van der Waals surface area contributed by atoms with Gasteiger partial charge in [0, 0.05) is 25.7 Å². The van der Waals surface area contributed by atoms with Crippen LogP contribution in [0.15, 0.2) is 0 Å². The lowest BCUT2D eigenvalue weighted by molar-refractivity contribution is -0.142. The summed E-state index contributed by atoms with van der Waals surface area (Å²) in [5, 5.41) is 0. The van der Waals surface area contributed by atoms with Gasteiger partial charge in [-0.05, 0) is 38.5 Å². The summed E-state index contributed by atoms with van der Waals surface area (Å²) in [6.45, 7) is 4.50. The Morgan fingerprint density at radius 2 is 2.06 bits per heavy atom. The third kappa shape index (κ3) is 2.55. The van der Waals surface area contributed by atoms with Crippen molar-refractivity contribution in [3.63, 3.8) is 0 Å². The maximum atomic E-state index is 12.0. The second-order valence-corrected chi connectivity index (χ2v) is 5.02. The molecule has 0 saturated carbocycles. The van der Waals surface area contributed by atoms with E-state index in [1.807, 2.05) is 4.90 Å². The van der Waals surface area contributed by atoms with Crippen LogP contribution in [-0.2, 0) is 9.53 Å². The highest BCUT2D eigenvalue weighted by molar-refractivity contribution is 5.81. The topological polar surface area (TPSA) is 55.6 Å². The molecule has 92 valence electrons. The van der Waals surface area contributed by atoms with E-state index in [4.69, 9.17) is 10.5 Å². The monoisotopic (exact) mass is 226 g/mol. The normalized spacial score (nSPS) is 29.4. The smallest absolute Gasteiger partial charge is 0.251 e. The van der Waals surface area contributed by atoms with Gasteiger partial charge < -0.3 is 15.4 Å². The van der Waals surface area contributed by atoms with Gasteiger partial charge in [-0.3, -0.25) is 4.79 Å². The summed E-state index contributed by atoms with van der Waals surface area (Å²) in [5.41, 5.74) is 5.88. The number of ether oxygens (including phenoxy) is 1. The first-order chi connectivity index (χ1) is 7.68. The Labute approximate surface area is 97.1 Å². The van der Waals surface area contributed by atoms with E-state index in [1.165, 1.54) is 0 Å². The number of hydrogen-bond acceptors (Lipinski definition) is 3. The summed E-state index contributed by atoms with van der Waals surface area (Å²) >= 11 is 0. The maximum absolute atomic E-state index is 12.0. The van der Waals surface area contributed by atoms with E-state index in [2.05, 4.69) is 6.92 Å². The fraction of sp³-hybridized carbons (Fsp3) is 0.917. The van der Waals surface area contributed by atoms with Gasteiger partial charge in [-0.2, -0.15) is 0 Å². The SMILES string of the molecule is CC(N)C1CCN(C(=O)[C@@H]2CCCO2)CC1. The third-order valence-electron chi connectivity index (χ3n) is 3.80. The molecular weight excluding hydrogens is 204 g/mol. The van der Waals surface area contributed by atoms with Crippen LogP contribution >= 0.6 is 0 Å². The van der Waals surface area contributed by atoms with E-state index in [9.17, 15) is 4.79 Å². The van der Waals surface area contributed by atoms with E-state index < -0.39 is 0 Å². The molecule has 2 N–H and O–H groups in total. The second kappa shape index (κ2) is 5.15. The molecule has 16 heavy (non-hydrogen) atoms. The molecule has 0 aromatic rings. The van der Waals surface area contributed by atoms with Gasteiger partial charge in [0.05, 0.1) is 0 Å². The highest BCUT2D eigenvalue weighted by Gasteiger charge is 2.31. The summed E-state index contributed by atoms with van der Waals surface area (Å²) in [5.74, 6) is 0.772. The minimum absolute atomic E-state index is 0.160. The van der Waals surface area contributed by atoms with E-state index in [-0.39, 0.29) is 18.1 Å². The molecule has 2 aliphatic heterocycles. The number of nitrogens with zero attached hydrogens (tertiary/aromatic N) is 1. The molecule has 2 fully saturated rings. The molecule has 0 bridgehead atoms. The molecule has 2 aliphatic rings. The Morgan fingerprint density at radius 1 is 1.38 bits per heavy atom. The summed E-state index contributed by atoms with van der Waals surface area (Å²) in [7, 11) is 0. The van der Waals surface area contributed by atoms with Crippen molar-refractivity contribution in [3.05, 3.63) is 0 Å². The Kier molecular flexibility index (Phi) is 3.82. The number of hydrogen-bond donors (Lipinski definition) is 1. The van der Waals surface area contributed by atoms with Crippen molar-refractivity contribution in [1.29, 1.82) is 0 Å². The largest absolute Gasteiger partial charge is 0.368 e. The van der Waals surface area contributed by atoms with E-state index in [0.29, 0.717) is 5.92 Å². The molecule has 0 radical (unpaired) electrons. The molecule has 4 heteroatoms. The van der Waals surface area contributed by atoms with Gasteiger partial charge >= 0.3 is 0 Å². The van der Waals surface area contributed by atoms with Crippen molar-refractivity contribution in [1.82, 2.24) is 4.90 Å². The minimum Gasteiger partial charge on any atom is -0.368 e. The van der Waals surface area contributed by atoms with Crippen LogP contribution in [0.25, 0.3) is 0 Å². The summed E-state index contributed by atoms with van der Waals surface area (Å²) < 4.78 is 5.43. The number of piperidine rings is 1. The molecule has 1 unspecified atom stereocenters. The lowest BCUT2D eigenvalue weighted by Gasteiger charge is -2.34. The van der Waals surface area contributed by atoms with Crippen LogP contribution in [0.3, 0.4) is 0 Å². The Balaban J connectivity index is 1.81. The highest BCUT2D eigenvalue weighted by Crippen LogP contribution is 2.22. The van der Waals surface area contributed by atoms with Crippen LogP contribution in [0.4, 0.5) is 0 Å². The lowest BCUT2D eigenvalue weighted by Crippen LogP contribution is -2.46. The van der Waals surface area contributed by atoms with Gasteiger partial charge in [0.25, 0.3) is 5.91 Å². The number of nitrogens with two attached hydrogens (primary N) is 1. The standard InChI is InChI=1S/C12H22N2O2/c1-9(13)10-4-6-14(7-5-10)12(15)11-3-2-8-16-11/h9-11H,2-8,13H2,1H3/t9?,11-/m0/s1. The molecule has 2 saturated heterocycles. The quantitative estimate of drug-likeness (QED) is 0.756. The molecule has 4 nitrogen and oxygen atoms in total. The molecule has 1 amide bonds. The van der Waals surface area contributed by atoms with Crippen LogP contribution in [-0.4, -0.2) is 42.6 Å². The van der Waals surface area contributed by atoms with Gasteiger partial charge in [-0.1, -0.05) is 0 Å². The zero-order valence-electron chi connectivity index (χ0n) is 10.0. The van der Waals surface area contributed by atoms with E-state index in [1.54, 1.807) is 0 Å². The predicted octanol–water partition coefficient (Wildman–Crippen LogP) is 0.751. The predicted molar refractivity (Wildman–Crippen MR) is 61.9 cm³/mol. The minimum atomic E-state index is -0.160. The average Bonchev–Trinajstić information content (AvgIpc) is 2.81. The van der Waals surface area contributed by atoms with Gasteiger partial charge in [-0.15, -0.1) is 0 Å². The zero-order chi connectivity index (χ0) is 11.5. The molecule has 2 atom stereocenters. The van der Waals surface area contributed by atoms with Crippen molar-refractivity contribution < 1.29 is 9.53 Å². The summed E-state index contributed by atoms with van der Waals surface area (Å²) in [6, 6.07) is 0.250. The van der Waals surface area contributed by atoms with Crippen molar-refractivity contribution >= 4 is 5.91 Å². The lowest BCUT2D eigenvalue weighted by atomic mass is 9.91. The van der Waals surface area contributed by atoms with Crippen molar-refractivity contribution in [2.24, 2.45) is 11.7 Å². The first-order valence-corrected chi connectivity index (χ1v) is 6.34. The fourth-order valence-electron chi connectivity index (χ4n) is 2.62. The van der Waals surface area contributed by atoms with Crippen LogP contribution in [0.1, 0.15) is 32.6 Å². The van der Waals surface area contributed by atoms with Crippen LogP contribution in [0.2, 0.25) is 0 Å². The molecule has 2 rings (SSSR count). The molecular formula is C12H22N2O2. The number of carbonyl (C=O) groups excluding carboxylic acids is 1. The zero-order valence-corrected chi connectivity index (χ0v) is 10.0. The molecule has 0 aromatic carbocycles. The van der Waals surface area contributed by atoms with Gasteiger partial charge in [-0.25, -0.2) is 0 Å². The molecule has 0 aliphatic carbocycles. The highest BCUT2D eigenvalue weighted by atomic mass is 16.5. The first kappa shape index (κ1) is 11.9. The number of rotatable bonds is 2. The van der Waals surface area contributed by atoms with Crippen LogP contribution < -0.4 is 5.73 Å². The molecule has 0 spiro atoms. The number of likely N-dealkylation sites (tertiary alicyclic amines) is 1. The van der Waals surface area contributed by atoms with E-state index in [0.717, 1.165) is 45.4 Å². The Hall–Kier alpha value is -0.610. The van der Waals surface area contributed by atoms with E-state index >= 15 is 0 Å². The third-order valence-corrected chi connectivity index (χ3v) is 3.80. The van der Waals surface area contributed by atoms with Crippen molar-refractivity contribution in [3.8, 4) is 0 Å². The Morgan fingerprint density at radius 3 is 2.56 bits per heavy atom. The van der Waals surface area contributed by atoms with Gasteiger partial charge in [0.15, 0.2) is 0 Å². The molecule has 2 heterocycles. The van der Waals surface area contributed by atoms with Crippen LogP contribution in [0.5, 0.6) is 0 Å². The number of amides is 1. The Bertz CT molecular complexity index is 241. The first-order valence-electron chi connectivity index (χ1n) is 6.34. The molecule has 0 aromatic heterocycles. The fourth-order valence-corrected chi connectivity index (χ4v) is 2.62. The van der Waals surface area contributed by atoms with Crippen molar-refractivity contribution in [2.45, 2.75) is 44.8 Å². The summed E-state index contributed by atoms with van der Waals surface area (Å²) in [6.07, 6.45) is 3.83. The maximum Gasteiger partial charge on any atom is 0.251 e. The summed E-state index contributed by atoms with van der Waals surface area (Å²) in [4.78, 5) is 14.0.